The average Bonchev–Trinajstić information content (AvgIpc) is 3.28. The number of pyridine rings is 6. The number of aromatic nitrogens is 6. The van der Waals surface area contributed by atoms with Crippen molar-refractivity contribution in [3.63, 3.8) is 0 Å². The molecule has 62 heavy (non-hydrogen) atoms. The minimum Gasteiger partial charge on any atom is -1.00 e. The van der Waals surface area contributed by atoms with E-state index in [1.165, 1.54) is 27.8 Å². The first-order valence-electron chi connectivity index (χ1n) is 21.7. The zero-order valence-corrected chi connectivity index (χ0v) is 41.8. The molecule has 0 aliphatic rings. The van der Waals surface area contributed by atoms with Crippen LogP contribution in [0.15, 0.2) is 111 Å². The van der Waals surface area contributed by atoms with Crippen LogP contribution in [0.2, 0.25) is 0 Å². The smallest absolute Gasteiger partial charge is 0.253 e. The van der Waals surface area contributed by atoms with Gasteiger partial charge in [-0.05, 0) is 151 Å². The lowest BCUT2D eigenvalue weighted by atomic mass is 10.1. The SMILES string of the molecule is CCc1c[nH]c(=O)c(C)c1.CCc1cc(C)c(=O)n(CC)c1.CCc1cc(CC)c(=O)n(CC)c1.CCc1ccc(=O)[nH]c1.CCc1ccc(C)nc1.Cc1ccc(C)nc1.[I-]. The van der Waals surface area contributed by atoms with Gasteiger partial charge in [-0.1, -0.05) is 59.7 Å². The van der Waals surface area contributed by atoms with Gasteiger partial charge in [-0.25, -0.2) is 0 Å². The van der Waals surface area contributed by atoms with Crippen LogP contribution in [0.5, 0.6) is 0 Å². The lowest BCUT2D eigenvalue weighted by Gasteiger charge is -2.07. The van der Waals surface area contributed by atoms with Crippen molar-refractivity contribution in [1.29, 1.82) is 0 Å². The Balaban J connectivity index is 0.000000723. The predicted molar refractivity (Wildman–Crippen MR) is 255 cm³/mol. The van der Waals surface area contributed by atoms with E-state index in [-0.39, 0.29) is 46.2 Å². The van der Waals surface area contributed by atoms with Gasteiger partial charge >= 0.3 is 0 Å². The number of hydrogen-bond acceptors (Lipinski definition) is 6. The van der Waals surface area contributed by atoms with Crippen LogP contribution in [0.25, 0.3) is 0 Å². The molecular formula is C51H72IN6O4-. The van der Waals surface area contributed by atoms with Gasteiger partial charge in [0.2, 0.25) is 5.56 Å². The fourth-order valence-electron chi connectivity index (χ4n) is 5.51. The molecule has 0 spiro atoms. The second kappa shape index (κ2) is 31.6. The fourth-order valence-corrected chi connectivity index (χ4v) is 5.51. The van der Waals surface area contributed by atoms with Crippen molar-refractivity contribution in [3.8, 4) is 0 Å². The largest absolute Gasteiger partial charge is 1.00 e. The monoisotopic (exact) mass is 959 g/mol. The van der Waals surface area contributed by atoms with Gasteiger partial charge in [-0.3, -0.25) is 29.1 Å². The third kappa shape index (κ3) is 21.6. The Labute approximate surface area is 387 Å². The van der Waals surface area contributed by atoms with E-state index in [0.717, 1.165) is 85.3 Å². The molecule has 0 radical (unpaired) electrons. The first kappa shape index (κ1) is 56.8. The Bertz CT molecular complexity index is 2330. The molecule has 0 atom stereocenters. The quantitative estimate of drug-likeness (QED) is 0.166. The summed E-state index contributed by atoms with van der Waals surface area (Å²) in [5.41, 5.74) is 12.4. The van der Waals surface area contributed by atoms with Gasteiger partial charge in [-0.2, -0.15) is 0 Å². The summed E-state index contributed by atoms with van der Waals surface area (Å²) in [5, 5.41) is 0. The number of H-pyrrole nitrogens is 2. The van der Waals surface area contributed by atoms with Crippen LogP contribution in [0, 0.1) is 34.6 Å². The zero-order valence-electron chi connectivity index (χ0n) is 39.6. The van der Waals surface area contributed by atoms with Crippen LogP contribution in [0.3, 0.4) is 0 Å². The molecule has 338 valence electrons. The normalized spacial score (nSPS) is 9.69. The maximum absolute atomic E-state index is 11.7. The topological polar surface area (TPSA) is 136 Å². The summed E-state index contributed by atoms with van der Waals surface area (Å²) in [6.45, 7) is 27.7. The summed E-state index contributed by atoms with van der Waals surface area (Å²) in [5.74, 6) is 0. The van der Waals surface area contributed by atoms with Crippen molar-refractivity contribution < 1.29 is 24.0 Å². The molecular weight excluding hydrogens is 888 g/mol. The highest BCUT2D eigenvalue weighted by Gasteiger charge is 2.03. The standard InChI is InChI=1S/C11H17NO.C10H15NO.C8H11NO.C8H11N.C7H9NO.C7H9N.HI/c1-4-9-7-10(5-2)11(13)12(6-3)8-9;1-4-9-6-8(3)10(12)11(5-2)7-9;1-3-7-4-6(2)8(10)9-5-7;1-3-8-5-4-7(2)9-6-8;1-2-6-3-4-7(9)8-5-6;1-6-3-4-7(2)8-5-6;/h7-8H,4-6H2,1-3H3;6-7H,4-5H2,1-3H3;4-5H,3H2,1-2H3,(H,9,10);4-6H,3H2,1-2H3;3-5H,2H2,1H3,(H,8,9);3-5H,1-2H3;1H/p-1. The molecule has 0 aromatic carbocycles. The van der Waals surface area contributed by atoms with E-state index in [4.69, 9.17) is 0 Å². The van der Waals surface area contributed by atoms with Gasteiger partial charge in [0.25, 0.3) is 16.7 Å². The first-order valence-corrected chi connectivity index (χ1v) is 21.7. The number of hydrogen-bond donors (Lipinski definition) is 2. The van der Waals surface area contributed by atoms with Gasteiger partial charge in [0.15, 0.2) is 0 Å². The lowest BCUT2D eigenvalue weighted by molar-refractivity contribution is -0.0000139. The summed E-state index contributed by atoms with van der Waals surface area (Å²) in [7, 11) is 0. The molecule has 0 aliphatic heterocycles. The molecule has 6 aromatic heterocycles. The van der Waals surface area contributed by atoms with E-state index in [1.807, 2.05) is 123 Å². The molecule has 0 saturated heterocycles. The average molecular weight is 960 g/mol. The Morgan fingerprint density at radius 1 is 0.484 bits per heavy atom. The highest BCUT2D eigenvalue weighted by atomic mass is 127. The Kier molecular flexibility index (Phi) is 29.0. The summed E-state index contributed by atoms with van der Waals surface area (Å²) in [4.78, 5) is 57.9. The fraction of sp³-hybridized carbons (Fsp3) is 0.412. The van der Waals surface area contributed by atoms with Crippen molar-refractivity contribution in [1.82, 2.24) is 29.1 Å². The molecule has 11 heteroatoms. The summed E-state index contributed by atoms with van der Waals surface area (Å²) < 4.78 is 3.55. The van der Waals surface area contributed by atoms with Crippen LogP contribution in [-0.2, 0) is 51.6 Å². The number of aromatic amines is 2. The molecule has 6 rings (SSSR count). The summed E-state index contributed by atoms with van der Waals surface area (Å²) >= 11 is 0. The Morgan fingerprint density at radius 3 is 1.39 bits per heavy atom. The molecule has 10 nitrogen and oxygen atoms in total. The Morgan fingerprint density at radius 2 is 0.968 bits per heavy atom. The van der Waals surface area contributed by atoms with Gasteiger partial charge in [0.1, 0.15) is 0 Å². The molecule has 0 unspecified atom stereocenters. The molecule has 6 aromatic rings. The van der Waals surface area contributed by atoms with Crippen LogP contribution in [0.1, 0.15) is 117 Å². The second-order valence-electron chi connectivity index (χ2n) is 14.6. The van der Waals surface area contributed by atoms with E-state index in [2.05, 4.69) is 59.8 Å². The van der Waals surface area contributed by atoms with Gasteiger partial charge in [-0.15, -0.1) is 0 Å². The van der Waals surface area contributed by atoms with Crippen LogP contribution in [-0.4, -0.2) is 29.1 Å². The number of halogens is 1. The van der Waals surface area contributed by atoms with Crippen LogP contribution >= 0.6 is 0 Å². The number of nitrogens with one attached hydrogen (secondary N) is 2. The van der Waals surface area contributed by atoms with E-state index in [0.29, 0.717) is 0 Å². The molecule has 0 saturated carbocycles. The number of aryl methyl sites for hydroxylation is 13. The van der Waals surface area contributed by atoms with Gasteiger partial charge in [0, 0.05) is 84.4 Å². The van der Waals surface area contributed by atoms with Gasteiger partial charge < -0.3 is 43.1 Å². The molecule has 6 heterocycles. The third-order valence-electron chi connectivity index (χ3n) is 9.67. The zero-order chi connectivity index (χ0) is 45.9. The van der Waals surface area contributed by atoms with E-state index < -0.39 is 0 Å². The second-order valence-corrected chi connectivity index (χ2v) is 14.6. The maximum Gasteiger partial charge on any atom is 0.253 e. The number of rotatable bonds is 8. The summed E-state index contributed by atoms with van der Waals surface area (Å²) in [6.07, 6.45) is 17.0. The maximum atomic E-state index is 11.7. The highest BCUT2D eigenvalue weighted by molar-refractivity contribution is 5.20. The first-order chi connectivity index (χ1) is 29.1. The summed E-state index contributed by atoms with van der Waals surface area (Å²) in [6, 6.07) is 17.5. The molecule has 0 aliphatic carbocycles. The van der Waals surface area contributed by atoms with Crippen molar-refractivity contribution in [2.24, 2.45) is 0 Å². The third-order valence-corrected chi connectivity index (χ3v) is 9.67. The molecule has 0 bridgehead atoms. The van der Waals surface area contributed by atoms with Crippen LogP contribution in [0.4, 0.5) is 0 Å². The van der Waals surface area contributed by atoms with Crippen molar-refractivity contribution in [3.05, 3.63) is 195 Å². The Hall–Kier alpha value is -5.17. The molecule has 2 N–H and O–H groups in total. The highest BCUT2D eigenvalue weighted by Crippen LogP contribution is 2.03. The van der Waals surface area contributed by atoms with Crippen molar-refractivity contribution >= 4 is 0 Å². The van der Waals surface area contributed by atoms with Gasteiger partial charge in [0.05, 0.1) is 0 Å². The molecule has 0 fully saturated rings. The predicted octanol–water partition coefficient (Wildman–Crippen LogP) is 6.57. The number of nitrogens with zero attached hydrogens (tertiary/aromatic N) is 4. The minimum atomic E-state index is -0.0350. The van der Waals surface area contributed by atoms with E-state index in [1.54, 1.807) is 27.6 Å². The van der Waals surface area contributed by atoms with Crippen molar-refractivity contribution in [2.45, 2.75) is 142 Å². The van der Waals surface area contributed by atoms with E-state index >= 15 is 0 Å². The van der Waals surface area contributed by atoms with E-state index in [9.17, 15) is 19.2 Å². The lowest BCUT2D eigenvalue weighted by Crippen LogP contribution is -3.00. The van der Waals surface area contributed by atoms with Crippen LogP contribution < -0.4 is 46.2 Å². The minimum absolute atomic E-state index is 0. The van der Waals surface area contributed by atoms with Crippen molar-refractivity contribution in [2.75, 3.05) is 0 Å². The molecule has 0 amide bonds.